The largest absolute Gasteiger partial charge is 0.481 e. The highest BCUT2D eigenvalue weighted by Gasteiger charge is 2.52. The highest BCUT2D eigenvalue weighted by molar-refractivity contribution is 6.09. The molecule has 3 aliphatic rings. The van der Waals surface area contributed by atoms with Gasteiger partial charge in [-0.25, -0.2) is 4.79 Å². The first-order valence-corrected chi connectivity index (χ1v) is 9.90. The Bertz CT molecular complexity index is 641. The van der Waals surface area contributed by atoms with Crippen molar-refractivity contribution in [2.75, 3.05) is 19.6 Å². The number of carboxylic acids is 1. The van der Waals surface area contributed by atoms with E-state index in [4.69, 9.17) is 0 Å². The number of piperidine rings is 1. The van der Waals surface area contributed by atoms with Gasteiger partial charge in [0.25, 0.3) is 5.91 Å². The average Bonchev–Trinajstić information content (AvgIpc) is 2.86. The molecule has 2 atom stereocenters. The number of nitrogens with one attached hydrogen (secondary N) is 1. The average molecular weight is 379 g/mol. The van der Waals surface area contributed by atoms with Crippen LogP contribution in [0.1, 0.15) is 52.4 Å². The van der Waals surface area contributed by atoms with Crippen molar-refractivity contribution in [3.05, 3.63) is 0 Å². The van der Waals surface area contributed by atoms with Gasteiger partial charge in [0.2, 0.25) is 5.91 Å². The van der Waals surface area contributed by atoms with Crippen LogP contribution in [0.5, 0.6) is 0 Å². The van der Waals surface area contributed by atoms with Crippen molar-refractivity contribution in [3.63, 3.8) is 0 Å². The number of aliphatic carboxylic acids is 1. The lowest BCUT2D eigenvalue weighted by Crippen LogP contribution is -2.51. The third-order valence-electron chi connectivity index (χ3n) is 6.44. The number of carbonyl (C=O) groups is 4. The standard InChI is InChI=1S/C19H29N3O5/c1-3-13-4-6-19(7-5-13)17(26)22(18(27)20-19)11-15(23)21-9-12(2)8-14(10-21)16(24)25/h12-14H,3-11H2,1-2H3,(H,20,27)(H,24,25). The molecular formula is C19H29N3O5. The number of hydrogen-bond acceptors (Lipinski definition) is 4. The number of carbonyl (C=O) groups excluding carboxylic acids is 3. The molecule has 8 heteroatoms. The number of imide groups is 1. The van der Waals surface area contributed by atoms with E-state index in [1.165, 1.54) is 4.90 Å². The van der Waals surface area contributed by atoms with Gasteiger partial charge in [0.1, 0.15) is 12.1 Å². The Labute approximate surface area is 159 Å². The Morgan fingerprint density at radius 1 is 1.22 bits per heavy atom. The molecule has 1 saturated carbocycles. The fourth-order valence-corrected chi connectivity index (χ4v) is 4.71. The van der Waals surface area contributed by atoms with Crippen LogP contribution in [-0.2, 0) is 14.4 Å². The van der Waals surface area contributed by atoms with Gasteiger partial charge in [0.05, 0.1) is 5.92 Å². The fraction of sp³-hybridized carbons (Fsp3) is 0.789. The predicted octanol–water partition coefficient (Wildman–Crippen LogP) is 1.45. The van der Waals surface area contributed by atoms with E-state index in [2.05, 4.69) is 12.2 Å². The molecule has 3 fully saturated rings. The van der Waals surface area contributed by atoms with E-state index in [1.54, 1.807) is 0 Å². The van der Waals surface area contributed by atoms with Crippen LogP contribution < -0.4 is 5.32 Å². The van der Waals surface area contributed by atoms with Crippen LogP contribution in [0.25, 0.3) is 0 Å². The molecule has 2 N–H and O–H groups in total. The van der Waals surface area contributed by atoms with E-state index < -0.39 is 23.5 Å². The molecule has 0 aromatic rings. The van der Waals surface area contributed by atoms with E-state index in [9.17, 15) is 24.3 Å². The summed E-state index contributed by atoms with van der Waals surface area (Å²) in [7, 11) is 0. The second-order valence-electron chi connectivity index (χ2n) is 8.43. The maximum atomic E-state index is 12.9. The van der Waals surface area contributed by atoms with Gasteiger partial charge in [-0.05, 0) is 43.9 Å². The Kier molecular flexibility index (Phi) is 5.44. The smallest absolute Gasteiger partial charge is 0.325 e. The summed E-state index contributed by atoms with van der Waals surface area (Å²) in [6.45, 7) is 4.31. The van der Waals surface area contributed by atoms with Gasteiger partial charge in [-0.1, -0.05) is 20.3 Å². The van der Waals surface area contributed by atoms with Crippen LogP contribution in [-0.4, -0.2) is 63.9 Å². The summed E-state index contributed by atoms with van der Waals surface area (Å²) in [6.07, 6.45) is 4.62. The molecule has 0 aromatic carbocycles. The maximum absolute atomic E-state index is 12.9. The number of hydrogen-bond donors (Lipinski definition) is 2. The van der Waals surface area contributed by atoms with Crippen LogP contribution in [0.2, 0.25) is 0 Å². The van der Waals surface area contributed by atoms with Crippen LogP contribution in [0.3, 0.4) is 0 Å². The van der Waals surface area contributed by atoms with Gasteiger partial charge in [0.15, 0.2) is 0 Å². The molecule has 8 nitrogen and oxygen atoms in total. The second kappa shape index (κ2) is 7.48. The van der Waals surface area contributed by atoms with E-state index in [1.807, 2.05) is 6.92 Å². The molecule has 4 amide bonds. The molecular weight excluding hydrogens is 350 g/mol. The second-order valence-corrected chi connectivity index (χ2v) is 8.43. The molecule has 1 aliphatic carbocycles. The highest BCUT2D eigenvalue weighted by atomic mass is 16.4. The van der Waals surface area contributed by atoms with Crippen molar-refractivity contribution in [3.8, 4) is 0 Å². The number of urea groups is 1. The van der Waals surface area contributed by atoms with Gasteiger partial charge < -0.3 is 15.3 Å². The van der Waals surface area contributed by atoms with Crippen molar-refractivity contribution in [2.45, 2.75) is 57.9 Å². The number of rotatable bonds is 4. The Balaban J connectivity index is 1.65. The van der Waals surface area contributed by atoms with Gasteiger partial charge in [-0.15, -0.1) is 0 Å². The number of likely N-dealkylation sites (tertiary alicyclic amines) is 1. The maximum Gasteiger partial charge on any atom is 0.325 e. The normalized spacial score (nSPS) is 34.1. The molecule has 0 bridgehead atoms. The Hall–Kier alpha value is -2.12. The molecule has 2 unspecified atom stereocenters. The Morgan fingerprint density at radius 3 is 2.48 bits per heavy atom. The predicted molar refractivity (Wildman–Crippen MR) is 96.7 cm³/mol. The van der Waals surface area contributed by atoms with Crippen LogP contribution in [0.15, 0.2) is 0 Å². The first-order valence-electron chi connectivity index (χ1n) is 9.90. The monoisotopic (exact) mass is 379 g/mol. The first-order chi connectivity index (χ1) is 12.8. The molecule has 2 saturated heterocycles. The first kappa shape index (κ1) is 19.6. The van der Waals surface area contributed by atoms with Gasteiger partial charge in [-0.2, -0.15) is 0 Å². The van der Waals surface area contributed by atoms with Crippen LogP contribution in [0, 0.1) is 17.8 Å². The quantitative estimate of drug-likeness (QED) is 0.719. The highest BCUT2D eigenvalue weighted by Crippen LogP contribution is 2.37. The van der Waals surface area contributed by atoms with Crippen molar-refractivity contribution in [1.82, 2.24) is 15.1 Å². The third-order valence-corrected chi connectivity index (χ3v) is 6.44. The SMILES string of the molecule is CCC1CCC2(CC1)NC(=O)N(CC(=O)N1CC(C)CC(C(=O)O)C1)C2=O. The molecule has 2 heterocycles. The van der Waals surface area contributed by atoms with Gasteiger partial charge >= 0.3 is 12.0 Å². The fourth-order valence-electron chi connectivity index (χ4n) is 4.71. The summed E-state index contributed by atoms with van der Waals surface area (Å²) in [5.41, 5.74) is -0.859. The minimum absolute atomic E-state index is 0.0718. The summed E-state index contributed by atoms with van der Waals surface area (Å²) < 4.78 is 0. The molecule has 27 heavy (non-hydrogen) atoms. The summed E-state index contributed by atoms with van der Waals surface area (Å²) in [5, 5.41) is 12.1. The minimum atomic E-state index is -0.916. The van der Waals surface area contributed by atoms with Crippen LogP contribution >= 0.6 is 0 Å². The zero-order valence-electron chi connectivity index (χ0n) is 16.1. The number of amides is 4. The summed E-state index contributed by atoms with van der Waals surface area (Å²) in [4.78, 5) is 51.8. The number of nitrogens with zero attached hydrogens (tertiary/aromatic N) is 2. The molecule has 3 rings (SSSR count). The van der Waals surface area contributed by atoms with E-state index in [-0.39, 0.29) is 30.8 Å². The molecule has 0 aromatic heterocycles. The van der Waals surface area contributed by atoms with Gasteiger partial charge in [-0.3, -0.25) is 19.3 Å². The molecule has 2 aliphatic heterocycles. The molecule has 1 spiro atoms. The number of carboxylic acid groups (broad SMARTS) is 1. The van der Waals surface area contributed by atoms with Crippen molar-refractivity contribution in [2.24, 2.45) is 17.8 Å². The van der Waals surface area contributed by atoms with Crippen molar-refractivity contribution in [1.29, 1.82) is 0 Å². The zero-order chi connectivity index (χ0) is 19.8. The van der Waals surface area contributed by atoms with Crippen molar-refractivity contribution >= 4 is 23.8 Å². The van der Waals surface area contributed by atoms with Crippen LogP contribution in [0.4, 0.5) is 4.79 Å². The minimum Gasteiger partial charge on any atom is -0.481 e. The van der Waals surface area contributed by atoms with E-state index in [0.717, 1.165) is 24.2 Å². The summed E-state index contributed by atoms with van der Waals surface area (Å²) in [6, 6.07) is -0.511. The lowest BCUT2D eigenvalue weighted by molar-refractivity contribution is -0.148. The lowest BCUT2D eigenvalue weighted by Gasteiger charge is -2.36. The van der Waals surface area contributed by atoms with E-state index in [0.29, 0.717) is 31.7 Å². The zero-order valence-corrected chi connectivity index (χ0v) is 16.1. The third kappa shape index (κ3) is 3.80. The lowest BCUT2D eigenvalue weighted by atomic mass is 9.75. The van der Waals surface area contributed by atoms with E-state index >= 15 is 0 Å². The Morgan fingerprint density at radius 2 is 1.89 bits per heavy atom. The van der Waals surface area contributed by atoms with Gasteiger partial charge in [0, 0.05) is 13.1 Å². The van der Waals surface area contributed by atoms with Crippen molar-refractivity contribution < 1.29 is 24.3 Å². The summed E-state index contributed by atoms with van der Waals surface area (Å²) >= 11 is 0. The topological polar surface area (TPSA) is 107 Å². The molecule has 0 radical (unpaired) electrons. The molecule has 150 valence electrons. The summed E-state index contributed by atoms with van der Waals surface area (Å²) in [5.74, 6) is -1.54.